The minimum atomic E-state index is -0.805. The molecule has 0 heterocycles. The van der Waals surface area contributed by atoms with E-state index in [0.717, 1.165) is 109 Å². The summed E-state index contributed by atoms with van der Waals surface area (Å²) in [6.07, 6.45) is 74.5. The highest BCUT2D eigenvalue weighted by molar-refractivity contribution is 5.71. The van der Waals surface area contributed by atoms with Crippen LogP contribution >= 0.6 is 0 Å². The van der Waals surface area contributed by atoms with Gasteiger partial charge in [-0.2, -0.15) is 0 Å². The van der Waals surface area contributed by atoms with Crippen LogP contribution in [0.5, 0.6) is 0 Å². The minimum absolute atomic E-state index is 0.0989. The lowest BCUT2D eigenvalue weighted by molar-refractivity contribution is -0.167. The van der Waals surface area contributed by atoms with E-state index in [1.54, 1.807) is 0 Å². The van der Waals surface area contributed by atoms with Crippen LogP contribution in [0, 0.1) is 0 Å². The van der Waals surface area contributed by atoms with Crippen molar-refractivity contribution in [3.63, 3.8) is 0 Å². The maximum atomic E-state index is 12.8. The predicted octanol–water partition coefficient (Wildman–Crippen LogP) is 18.1. The van der Waals surface area contributed by atoms with Crippen LogP contribution in [0.2, 0.25) is 0 Å². The molecule has 0 radical (unpaired) electrons. The molecular formula is C61H98O6. The second-order valence-corrected chi connectivity index (χ2v) is 17.7. The minimum Gasteiger partial charge on any atom is -0.462 e. The Morgan fingerprint density at radius 2 is 0.567 bits per heavy atom. The van der Waals surface area contributed by atoms with Gasteiger partial charge in [-0.15, -0.1) is 0 Å². The monoisotopic (exact) mass is 927 g/mol. The summed E-state index contributed by atoms with van der Waals surface area (Å²) in [4.78, 5) is 38.1. The number of ether oxygens (including phenoxy) is 3. The third-order valence-electron chi connectivity index (χ3n) is 11.2. The maximum absolute atomic E-state index is 12.8. The highest BCUT2D eigenvalue weighted by Gasteiger charge is 2.19. The van der Waals surface area contributed by atoms with Crippen molar-refractivity contribution < 1.29 is 28.6 Å². The van der Waals surface area contributed by atoms with E-state index in [1.165, 1.54) is 77.0 Å². The Balaban J connectivity index is 4.52. The van der Waals surface area contributed by atoms with Gasteiger partial charge in [0.15, 0.2) is 6.10 Å². The fraction of sp³-hybridized carbons (Fsp3) is 0.623. The van der Waals surface area contributed by atoms with Crippen LogP contribution in [0.1, 0.15) is 226 Å². The molecule has 0 amide bonds. The van der Waals surface area contributed by atoms with Crippen molar-refractivity contribution in [3.05, 3.63) is 122 Å². The lowest BCUT2D eigenvalue weighted by atomic mass is 10.0. The summed E-state index contributed by atoms with van der Waals surface area (Å²) in [6, 6.07) is 0. The van der Waals surface area contributed by atoms with E-state index in [1.807, 2.05) is 48.6 Å². The first-order valence-corrected chi connectivity index (χ1v) is 27.2. The molecule has 0 aliphatic carbocycles. The number of carbonyl (C=O) groups is 3. The number of hydrogen-bond acceptors (Lipinski definition) is 6. The van der Waals surface area contributed by atoms with Crippen LogP contribution in [-0.2, 0) is 28.6 Å². The summed E-state index contributed by atoms with van der Waals surface area (Å²) < 4.78 is 16.8. The first kappa shape index (κ1) is 62.8. The molecule has 0 aromatic heterocycles. The van der Waals surface area contributed by atoms with Gasteiger partial charge in [0.25, 0.3) is 0 Å². The number of unbranched alkanes of at least 4 members (excludes halogenated alkanes) is 24. The first-order valence-electron chi connectivity index (χ1n) is 27.2. The van der Waals surface area contributed by atoms with Crippen LogP contribution < -0.4 is 0 Å². The van der Waals surface area contributed by atoms with Crippen molar-refractivity contribution in [2.75, 3.05) is 13.2 Å². The zero-order valence-corrected chi connectivity index (χ0v) is 43.1. The van der Waals surface area contributed by atoms with Crippen LogP contribution in [-0.4, -0.2) is 37.2 Å². The van der Waals surface area contributed by atoms with Gasteiger partial charge in [0.2, 0.25) is 0 Å². The normalized spacial score (nSPS) is 13.1. The third-order valence-corrected chi connectivity index (χ3v) is 11.2. The molecule has 0 N–H and O–H groups in total. The fourth-order valence-electron chi connectivity index (χ4n) is 7.09. The second kappa shape index (κ2) is 54.4. The van der Waals surface area contributed by atoms with Crippen molar-refractivity contribution >= 4 is 17.9 Å². The van der Waals surface area contributed by atoms with Gasteiger partial charge in [-0.3, -0.25) is 14.4 Å². The molecule has 0 rings (SSSR count). The van der Waals surface area contributed by atoms with E-state index in [2.05, 4.69) is 93.7 Å². The number of rotatable bonds is 47. The Labute approximate surface area is 412 Å². The van der Waals surface area contributed by atoms with E-state index < -0.39 is 6.10 Å². The van der Waals surface area contributed by atoms with Gasteiger partial charge in [-0.1, -0.05) is 271 Å². The smallest absolute Gasteiger partial charge is 0.306 e. The SMILES string of the molecule is CCC\C=C/C=C\C=C/C=C\C=C/CCCCCCCC(=O)OCC(COC(=O)CCCCCCCCCCCCCCC)OC(=O)CCCCCCC\C=C/C=C\C=C/C=C\C=C/CCC. The summed E-state index contributed by atoms with van der Waals surface area (Å²) in [5.74, 6) is -0.953. The zero-order chi connectivity index (χ0) is 48.6. The summed E-state index contributed by atoms with van der Waals surface area (Å²) >= 11 is 0. The lowest BCUT2D eigenvalue weighted by Gasteiger charge is -2.18. The Morgan fingerprint density at radius 1 is 0.299 bits per heavy atom. The van der Waals surface area contributed by atoms with Crippen LogP contribution in [0.15, 0.2) is 122 Å². The first-order chi connectivity index (χ1) is 33.0. The molecule has 0 spiro atoms. The van der Waals surface area contributed by atoms with Crippen LogP contribution in [0.3, 0.4) is 0 Å². The molecule has 0 aromatic rings. The predicted molar refractivity (Wildman–Crippen MR) is 288 cm³/mol. The molecule has 67 heavy (non-hydrogen) atoms. The summed E-state index contributed by atoms with van der Waals surface area (Å²) in [6.45, 7) is 6.41. The molecule has 6 heteroatoms. The van der Waals surface area contributed by atoms with Crippen molar-refractivity contribution in [3.8, 4) is 0 Å². The van der Waals surface area contributed by atoms with Crippen molar-refractivity contribution in [2.45, 2.75) is 232 Å². The Hall–Kier alpha value is -4.19. The van der Waals surface area contributed by atoms with E-state index >= 15 is 0 Å². The highest BCUT2D eigenvalue weighted by Crippen LogP contribution is 2.15. The summed E-state index contributed by atoms with van der Waals surface area (Å²) in [7, 11) is 0. The summed E-state index contributed by atoms with van der Waals surface area (Å²) in [5.41, 5.74) is 0. The molecule has 378 valence electrons. The topological polar surface area (TPSA) is 78.9 Å². The van der Waals surface area contributed by atoms with Gasteiger partial charge < -0.3 is 14.2 Å². The van der Waals surface area contributed by atoms with E-state index in [-0.39, 0.29) is 31.1 Å². The van der Waals surface area contributed by atoms with Gasteiger partial charge in [0.05, 0.1) is 0 Å². The molecule has 0 saturated heterocycles. The molecule has 0 bridgehead atoms. The number of esters is 3. The number of hydrogen-bond donors (Lipinski definition) is 0. The van der Waals surface area contributed by atoms with Gasteiger partial charge in [-0.05, 0) is 57.8 Å². The second-order valence-electron chi connectivity index (χ2n) is 17.7. The number of allylic oxidation sites excluding steroid dienone is 20. The molecule has 0 aliphatic heterocycles. The van der Waals surface area contributed by atoms with Crippen molar-refractivity contribution in [1.29, 1.82) is 0 Å². The molecule has 0 saturated carbocycles. The zero-order valence-electron chi connectivity index (χ0n) is 43.1. The average Bonchev–Trinajstić information content (AvgIpc) is 3.33. The quantitative estimate of drug-likeness (QED) is 0.0262. The fourth-order valence-corrected chi connectivity index (χ4v) is 7.09. The largest absolute Gasteiger partial charge is 0.462 e. The summed E-state index contributed by atoms with van der Waals surface area (Å²) in [5, 5.41) is 0. The average molecular weight is 927 g/mol. The standard InChI is InChI=1S/C61H98O6/c1-4-7-10-13-16-19-22-25-27-29-31-33-36-39-42-45-48-51-54-60(63)66-57-58(56-65-59(62)53-50-47-44-41-38-35-24-21-18-15-12-9-6-3)67-61(64)55-52-49-46-43-40-37-34-32-30-28-26-23-20-17-14-11-8-5-2/h10-11,13-14,16-17,19-20,22-23,25-34,58H,4-9,12,15,18,21,24,35-57H2,1-3H3/b13-10-,14-11-,19-16-,20-17-,25-22-,26-23-,29-27-,30-28-,33-31-,34-32-. The Kier molecular flexibility index (Phi) is 51.0. The molecule has 0 aliphatic rings. The maximum Gasteiger partial charge on any atom is 0.306 e. The third kappa shape index (κ3) is 52.6. The lowest BCUT2D eigenvalue weighted by Crippen LogP contribution is -2.30. The molecule has 6 nitrogen and oxygen atoms in total. The molecule has 0 aromatic carbocycles. The van der Waals surface area contributed by atoms with E-state index in [9.17, 15) is 14.4 Å². The van der Waals surface area contributed by atoms with Gasteiger partial charge in [-0.25, -0.2) is 0 Å². The van der Waals surface area contributed by atoms with Gasteiger partial charge in [0, 0.05) is 19.3 Å². The van der Waals surface area contributed by atoms with E-state index in [4.69, 9.17) is 14.2 Å². The molecule has 0 fully saturated rings. The Bertz CT molecular complexity index is 1440. The van der Waals surface area contributed by atoms with Gasteiger partial charge >= 0.3 is 17.9 Å². The van der Waals surface area contributed by atoms with Crippen molar-refractivity contribution in [1.82, 2.24) is 0 Å². The molecule has 1 atom stereocenters. The molecule has 1 unspecified atom stereocenters. The van der Waals surface area contributed by atoms with Gasteiger partial charge in [0.1, 0.15) is 13.2 Å². The van der Waals surface area contributed by atoms with Crippen molar-refractivity contribution in [2.24, 2.45) is 0 Å². The van der Waals surface area contributed by atoms with E-state index in [0.29, 0.717) is 19.3 Å². The molecular weight excluding hydrogens is 829 g/mol. The Morgan fingerprint density at radius 3 is 0.896 bits per heavy atom. The number of carbonyl (C=O) groups excluding carboxylic acids is 3. The highest BCUT2D eigenvalue weighted by atomic mass is 16.6. The van der Waals surface area contributed by atoms with Crippen LogP contribution in [0.25, 0.3) is 0 Å². The van der Waals surface area contributed by atoms with Crippen LogP contribution in [0.4, 0.5) is 0 Å².